The molecule has 0 bridgehead atoms. The molecular formula is C22H27N3O2S. The van der Waals surface area contributed by atoms with Gasteiger partial charge in [-0.15, -0.1) is 0 Å². The number of allylic oxidation sites excluding steroid dienone is 2. The van der Waals surface area contributed by atoms with Crippen LogP contribution < -0.4 is 10.9 Å². The maximum Gasteiger partial charge on any atom is 0.262 e. The van der Waals surface area contributed by atoms with Crippen molar-refractivity contribution in [3.05, 3.63) is 46.3 Å². The van der Waals surface area contributed by atoms with E-state index < -0.39 is 0 Å². The number of benzene rings is 1. The average molecular weight is 398 g/mol. The maximum atomic E-state index is 13.2. The third-order valence-electron chi connectivity index (χ3n) is 5.44. The van der Waals surface area contributed by atoms with Gasteiger partial charge in [-0.25, -0.2) is 4.98 Å². The van der Waals surface area contributed by atoms with E-state index in [0.717, 1.165) is 32.1 Å². The summed E-state index contributed by atoms with van der Waals surface area (Å²) in [5.74, 6) is 0.0245. The number of carbonyl (C=O) groups is 1. The lowest BCUT2D eigenvalue weighted by molar-refractivity contribution is -0.120. The van der Waals surface area contributed by atoms with Crippen molar-refractivity contribution in [1.29, 1.82) is 0 Å². The van der Waals surface area contributed by atoms with Crippen LogP contribution in [0.3, 0.4) is 0 Å². The van der Waals surface area contributed by atoms with Crippen LogP contribution in [-0.4, -0.2) is 26.8 Å². The summed E-state index contributed by atoms with van der Waals surface area (Å²) in [5.41, 5.74) is 2.11. The van der Waals surface area contributed by atoms with E-state index in [1.807, 2.05) is 31.2 Å². The van der Waals surface area contributed by atoms with Crippen molar-refractivity contribution in [2.24, 2.45) is 0 Å². The molecule has 0 unspecified atom stereocenters. The zero-order valence-electron chi connectivity index (χ0n) is 16.3. The molecule has 0 spiro atoms. The second kappa shape index (κ2) is 8.52. The summed E-state index contributed by atoms with van der Waals surface area (Å²) in [6.45, 7) is 2.50. The van der Waals surface area contributed by atoms with Gasteiger partial charge >= 0.3 is 0 Å². The molecule has 1 fully saturated rings. The van der Waals surface area contributed by atoms with Crippen LogP contribution in [0.2, 0.25) is 0 Å². The quantitative estimate of drug-likeness (QED) is 0.435. The SMILES string of the molecule is C[C@H](Sc1nc2ccccc2c(=O)n1CCC1=CCCCC1)C(=O)NC1CC1. The van der Waals surface area contributed by atoms with Crippen LogP contribution in [0.5, 0.6) is 0 Å². The predicted molar refractivity (Wildman–Crippen MR) is 114 cm³/mol. The summed E-state index contributed by atoms with van der Waals surface area (Å²) in [6, 6.07) is 7.80. The molecule has 6 heteroatoms. The van der Waals surface area contributed by atoms with Gasteiger partial charge in [-0.3, -0.25) is 14.2 Å². The van der Waals surface area contributed by atoms with Crippen molar-refractivity contribution < 1.29 is 4.79 Å². The molecule has 1 N–H and O–H groups in total. The van der Waals surface area contributed by atoms with Crippen LogP contribution >= 0.6 is 11.8 Å². The van der Waals surface area contributed by atoms with Crippen molar-refractivity contribution in [3.8, 4) is 0 Å². The Morgan fingerprint density at radius 3 is 2.89 bits per heavy atom. The zero-order chi connectivity index (χ0) is 19.5. The van der Waals surface area contributed by atoms with E-state index in [9.17, 15) is 9.59 Å². The largest absolute Gasteiger partial charge is 0.352 e. The Morgan fingerprint density at radius 2 is 2.14 bits per heavy atom. The molecule has 1 aromatic carbocycles. The van der Waals surface area contributed by atoms with Gasteiger partial charge in [0.15, 0.2) is 5.16 Å². The first-order valence-electron chi connectivity index (χ1n) is 10.3. The molecule has 2 aliphatic rings. The fraction of sp³-hybridized carbons (Fsp3) is 0.500. The molecule has 0 saturated heterocycles. The topological polar surface area (TPSA) is 64.0 Å². The number of nitrogens with one attached hydrogen (secondary N) is 1. The Labute approximate surface area is 169 Å². The molecule has 1 amide bonds. The molecule has 1 aromatic heterocycles. The third kappa shape index (κ3) is 4.49. The monoisotopic (exact) mass is 397 g/mol. The van der Waals surface area contributed by atoms with Gasteiger partial charge < -0.3 is 5.32 Å². The lowest BCUT2D eigenvalue weighted by Gasteiger charge is -2.18. The van der Waals surface area contributed by atoms with E-state index in [1.165, 1.54) is 30.2 Å². The maximum absolute atomic E-state index is 13.2. The van der Waals surface area contributed by atoms with Crippen molar-refractivity contribution in [3.63, 3.8) is 0 Å². The lowest BCUT2D eigenvalue weighted by atomic mass is 9.97. The summed E-state index contributed by atoms with van der Waals surface area (Å²) in [5, 5.41) is 4.04. The van der Waals surface area contributed by atoms with E-state index in [1.54, 1.807) is 4.57 Å². The normalized spacial score (nSPS) is 18.0. The Kier molecular flexibility index (Phi) is 5.85. The number of rotatable bonds is 7. The molecule has 1 saturated carbocycles. The minimum atomic E-state index is -0.284. The van der Waals surface area contributed by atoms with E-state index in [2.05, 4.69) is 11.4 Å². The standard InChI is InChI=1S/C22H27N3O2S/c1-15(20(26)23-17-11-12-17)28-22-24-19-10-6-5-9-18(19)21(27)25(22)14-13-16-7-3-2-4-8-16/h5-7,9-10,15,17H,2-4,8,11-14H2,1H3,(H,23,26)/t15-/m0/s1. The van der Waals surface area contributed by atoms with Crippen LogP contribution in [0.15, 0.2) is 45.9 Å². The first-order valence-corrected chi connectivity index (χ1v) is 11.1. The van der Waals surface area contributed by atoms with E-state index in [0.29, 0.717) is 28.6 Å². The van der Waals surface area contributed by atoms with E-state index in [-0.39, 0.29) is 16.7 Å². The number of hydrogen-bond donors (Lipinski definition) is 1. The van der Waals surface area contributed by atoms with E-state index in [4.69, 9.17) is 4.98 Å². The van der Waals surface area contributed by atoms with Crippen molar-refractivity contribution >= 4 is 28.6 Å². The van der Waals surface area contributed by atoms with Gasteiger partial charge in [0.05, 0.1) is 16.2 Å². The van der Waals surface area contributed by atoms with Crippen LogP contribution in [-0.2, 0) is 11.3 Å². The van der Waals surface area contributed by atoms with Crippen molar-refractivity contribution in [2.75, 3.05) is 0 Å². The molecular weight excluding hydrogens is 370 g/mol. The summed E-state index contributed by atoms with van der Waals surface area (Å²) >= 11 is 1.38. The van der Waals surface area contributed by atoms with Gasteiger partial charge in [0.1, 0.15) is 0 Å². The summed E-state index contributed by atoms with van der Waals surface area (Å²) in [6.07, 6.45) is 10.1. The number of fused-ring (bicyclic) bond motifs is 1. The molecule has 4 rings (SSSR count). The predicted octanol–water partition coefficient (Wildman–Crippen LogP) is 4.05. The van der Waals surface area contributed by atoms with E-state index >= 15 is 0 Å². The molecule has 28 heavy (non-hydrogen) atoms. The van der Waals surface area contributed by atoms with Crippen LogP contribution in [0, 0.1) is 0 Å². The molecule has 0 aliphatic heterocycles. The Morgan fingerprint density at radius 1 is 1.32 bits per heavy atom. The van der Waals surface area contributed by atoms with Crippen molar-refractivity contribution in [1.82, 2.24) is 14.9 Å². The number of nitrogens with zero attached hydrogens (tertiary/aromatic N) is 2. The second-order valence-electron chi connectivity index (χ2n) is 7.77. The highest BCUT2D eigenvalue weighted by molar-refractivity contribution is 8.00. The molecule has 2 aromatic rings. The van der Waals surface area contributed by atoms with Crippen LogP contribution in [0.4, 0.5) is 0 Å². The number of carbonyl (C=O) groups excluding carboxylic acids is 1. The van der Waals surface area contributed by atoms with Crippen LogP contribution in [0.1, 0.15) is 51.9 Å². The molecule has 148 valence electrons. The Bertz CT molecular complexity index is 962. The number of amides is 1. The highest BCUT2D eigenvalue weighted by Gasteiger charge is 2.27. The first kappa shape index (κ1) is 19.2. The lowest BCUT2D eigenvalue weighted by Crippen LogP contribution is -2.33. The fourth-order valence-corrected chi connectivity index (χ4v) is 4.52. The zero-order valence-corrected chi connectivity index (χ0v) is 17.1. The van der Waals surface area contributed by atoms with Gasteiger partial charge in [0.2, 0.25) is 5.91 Å². The highest BCUT2D eigenvalue weighted by atomic mass is 32.2. The molecule has 0 radical (unpaired) electrons. The van der Waals surface area contributed by atoms with Gasteiger partial charge in [0, 0.05) is 12.6 Å². The average Bonchev–Trinajstić information content (AvgIpc) is 3.52. The Hall–Kier alpha value is -2.08. The third-order valence-corrected chi connectivity index (χ3v) is 6.53. The second-order valence-corrected chi connectivity index (χ2v) is 9.08. The summed E-state index contributed by atoms with van der Waals surface area (Å²) in [7, 11) is 0. The van der Waals surface area contributed by atoms with Gasteiger partial charge in [0.25, 0.3) is 5.56 Å². The molecule has 1 heterocycles. The molecule has 5 nitrogen and oxygen atoms in total. The molecule has 1 atom stereocenters. The summed E-state index contributed by atoms with van der Waals surface area (Å²) in [4.78, 5) is 30.3. The number of aromatic nitrogens is 2. The summed E-state index contributed by atoms with van der Waals surface area (Å²) < 4.78 is 1.77. The van der Waals surface area contributed by atoms with Gasteiger partial charge in [-0.05, 0) is 64.0 Å². The van der Waals surface area contributed by atoms with Crippen LogP contribution in [0.25, 0.3) is 10.9 Å². The van der Waals surface area contributed by atoms with Gasteiger partial charge in [-0.2, -0.15) is 0 Å². The number of thioether (sulfide) groups is 1. The molecule has 2 aliphatic carbocycles. The minimum absolute atomic E-state index is 0.0145. The fourth-order valence-electron chi connectivity index (χ4n) is 3.58. The number of hydrogen-bond acceptors (Lipinski definition) is 4. The number of para-hydroxylation sites is 1. The Balaban J connectivity index is 1.61. The minimum Gasteiger partial charge on any atom is -0.352 e. The highest BCUT2D eigenvalue weighted by Crippen LogP contribution is 2.26. The van der Waals surface area contributed by atoms with Crippen molar-refractivity contribution in [2.45, 2.75) is 74.9 Å². The first-order chi connectivity index (χ1) is 13.6. The van der Waals surface area contributed by atoms with Gasteiger partial charge in [-0.1, -0.05) is 35.5 Å². The smallest absolute Gasteiger partial charge is 0.262 e.